The van der Waals surface area contributed by atoms with Crippen LogP contribution in [0.4, 0.5) is 4.79 Å². The molecule has 3 amide bonds. The number of hydrogen-bond donors (Lipinski definition) is 3. The maximum atomic E-state index is 11.7. The van der Waals surface area contributed by atoms with Gasteiger partial charge in [0.25, 0.3) is 0 Å². The molecule has 20 heavy (non-hydrogen) atoms. The summed E-state index contributed by atoms with van der Waals surface area (Å²) < 4.78 is 0. The average Bonchev–Trinajstić information content (AvgIpc) is 2.36. The van der Waals surface area contributed by atoms with E-state index in [1.165, 1.54) is 0 Å². The van der Waals surface area contributed by atoms with E-state index in [0.717, 1.165) is 0 Å². The number of nitrogens with one attached hydrogen (secondary N) is 2. The Morgan fingerprint density at radius 1 is 1.15 bits per heavy atom. The number of carbonyl (C=O) groups excluding carboxylic acids is 2. The van der Waals surface area contributed by atoms with Crippen molar-refractivity contribution in [2.24, 2.45) is 5.92 Å². The summed E-state index contributed by atoms with van der Waals surface area (Å²) in [5.41, 5.74) is 0. The van der Waals surface area contributed by atoms with Gasteiger partial charge in [-0.3, -0.25) is 4.79 Å². The lowest BCUT2D eigenvalue weighted by molar-refractivity contribution is -0.140. The highest BCUT2D eigenvalue weighted by Crippen LogP contribution is 2.01. The molecule has 0 saturated carbocycles. The van der Waals surface area contributed by atoms with Crippen LogP contribution in [0.1, 0.15) is 34.1 Å². The number of aliphatic carboxylic acids is 1. The first-order valence-electron chi connectivity index (χ1n) is 6.88. The van der Waals surface area contributed by atoms with Crippen molar-refractivity contribution in [3.05, 3.63) is 0 Å². The highest BCUT2D eigenvalue weighted by molar-refractivity contribution is 5.83. The first kappa shape index (κ1) is 18.2. The predicted octanol–water partition coefficient (Wildman–Crippen LogP) is 0.653. The van der Waals surface area contributed by atoms with Crippen LogP contribution < -0.4 is 10.6 Å². The van der Waals surface area contributed by atoms with E-state index in [1.807, 2.05) is 13.8 Å². The molecule has 7 nitrogen and oxygen atoms in total. The smallest absolute Gasteiger partial charge is 0.326 e. The fourth-order valence-corrected chi connectivity index (χ4v) is 1.72. The second kappa shape index (κ2) is 9.17. The summed E-state index contributed by atoms with van der Waals surface area (Å²) in [6.45, 7) is 8.66. The molecule has 0 saturated heterocycles. The summed E-state index contributed by atoms with van der Waals surface area (Å²) >= 11 is 0. The normalized spacial score (nSPS) is 11.8. The fourth-order valence-electron chi connectivity index (χ4n) is 1.72. The molecule has 0 bridgehead atoms. The number of urea groups is 1. The van der Waals surface area contributed by atoms with Crippen molar-refractivity contribution < 1.29 is 19.5 Å². The van der Waals surface area contributed by atoms with Gasteiger partial charge in [0.15, 0.2) is 0 Å². The van der Waals surface area contributed by atoms with Gasteiger partial charge in [0.2, 0.25) is 5.91 Å². The predicted molar refractivity (Wildman–Crippen MR) is 75.3 cm³/mol. The minimum absolute atomic E-state index is 0.0334. The van der Waals surface area contributed by atoms with Gasteiger partial charge in [-0.15, -0.1) is 0 Å². The van der Waals surface area contributed by atoms with Crippen molar-refractivity contribution in [1.29, 1.82) is 0 Å². The minimum Gasteiger partial charge on any atom is -0.480 e. The standard InChI is InChI=1S/C13H25N3O4/c1-5-16(6-2)10(17)7-8-14-13(20)15-11(9(3)4)12(18)19/h9,11H,5-8H2,1-4H3,(H,18,19)(H2,14,15,20)/t11-/m0/s1. The second-order valence-electron chi connectivity index (χ2n) is 4.78. The highest BCUT2D eigenvalue weighted by atomic mass is 16.4. The number of amides is 3. The van der Waals surface area contributed by atoms with E-state index in [4.69, 9.17) is 5.11 Å². The van der Waals surface area contributed by atoms with Crippen LogP contribution in [0.2, 0.25) is 0 Å². The Morgan fingerprint density at radius 2 is 1.70 bits per heavy atom. The average molecular weight is 287 g/mol. The van der Waals surface area contributed by atoms with Crippen LogP contribution >= 0.6 is 0 Å². The van der Waals surface area contributed by atoms with Gasteiger partial charge in [0.1, 0.15) is 6.04 Å². The molecule has 3 N–H and O–H groups in total. The van der Waals surface area contributed by atoms with Crippen LogP contribution in [0.15, 0.2) is 0 Å². The third-order valence-corrected chi connectivity index (χ3v) is 2.96. The fraction of sp³-hybridized carbons (Fsp3) is 0.769. The summed E-state index contributed by atoms with van der Waals surface area (Å²) in [5, 5.41) is 13.8. The van der Waals surface area contributed by atoms with Gasteiger partial charge in [-0.1, -0.05) is 13.8 Å². The molecule has 0 spiro atoms. The number of carboxylic acid groups (broad SMARTS) is 1. The van der Waals surface area contributed by atoms with E-state index in [9.17, 15) is 14.4 Å². The molecule has 0 aliphatic carbocycles. The Hall–Kier alpha value is -1.79. The van der Waals surface area contributed by atoms with Crippen molar-refractivity contribution in [3.63, 3.8) is 0 Å². The van der Waals surface area contributed by atoms with Crippen molar-refractivity contribution in [2.75, 3.05) is 19.6 Å². The lowest BCUT2D eigenvalue weighted by Gasteiger charge is -2.20. The zero-order valence-corrected chi connectivity index (χ0v) is 12.6. The van der Waals surface area contributed by atoms with Crippen LogP contribution in [-0.4, -0.2) is 53.6 Å². The van der Waals surface area contributed by atoms with Gasteiger partial charge in [-0.25, -0.2) is 9.59 Å². The van der Waals surface area contributed by atoms with Gasteiger partial charge in [0.05, 0.1) is 0 Å². The van der Waals surface area contributed by atoms with Crippen molar-refractivity contribution in [3.8, 4) is 0 Å². The zero-order valence-electron chi connectivity index (χ0n) is 12.6. The van der Waals surface area contributed by atoms with E-state index in [0.29, 0.717) is 13.1 Å². The van der Waals surface area contributed by atoms with Gasteiger partial charge in [-0.05, 0) is 19.8 Å². The van der Waals surface area contributed by atoms with E-state index in [2.05, 4.69) is 10.6 Å². The Bertz CT molecular complexity index is 341. The molecule has 0 aromatic heterocycles. The third-order valence-electron chi connectivity index (χ3n) is 2.96. The maximum absolute atomic E-state index is 11.7. The number of rotatable bonds is 8. The Balaban J connectivity index is 4.11. The maximum Gasteiger partial charge on any atom is 0.326 e. The monoisotopic (exact) mass is 287 g/mol. The quantitative estimate of drug-likeness (QED) is 0.610. The Labute approximate surface area is 119 Å². The van der Waals surface area contributed by atoms with Crippen LogP contribution in [-0.2, 0) is 9.59 Å². The van der Waals surface area contributed by atoms with E-state index in [-0.39, 0.29) is 24.8 Å². The molecule has 116 valence electrons. The third kappa shape index (κ3) is 6.40. The van der Waals surface area contributed by atoms with E-state index >= 15 is 0 Å². The number of carboxylic acids is 1. The number of carbonyl (C=O) groups is 3. The molecule has 0 rings (SSSR count). The van der Waals surface area contributed by atoms with Crippen molar-refractivity contribution in [2.45, 2.75) is 40.2 Å². The van der Waals surface area contributed by atoms with Gasteiger partial charge in [-0.2, -0.15) is 0 Å². The topological polar surface area (TPSA) is 98.7 Å². The molecule has 0 aliphatic heterocycles. The summed E-state index contributed by atoms with van der Waals surface area (Å²) in [7, 11) is 0. The minimum atomic E-state index is -1.07. The molecule has 0 fully saturated rings. The first-order valence-corrected chi connectivity index (χ1v) is 6.88. The van der Waals surface area contributed by atoms with Crippen LogP contribution in [0.3, 0.4) is 0 Å². The lowest BCUT2D eigenvalue weighted by atomic mass is 10.1. The molecular formula is C13H25N3O4. The summed E-state index contributed by atoms with van der Waals surface area (Å²) in [6.07, 6.45) is 0.203. The Kier molecular flexibility index (Phi) is 8.35. The molecular weight excluding hydrogens is 262 g/mol. The molecule has 0 unspecified atom stereocenters. The largest absolute Gasteiger partial charge is 0.480 e. The van der Waals surface area contributed by atoms with Crippen LogP contribution in [0.25, 0.3) is 0 Å². The molecule has 7 heteroatoms. The van der Waals surface area contributed by atoms with Crippen molar-refractivity contribution in [1.82, 2.24) is 15.5 Å². The molecule has 0 aliphatic rings. The molecule has 0 heterocycles. The number of nitrogens with zero attached hydrogens (tertiary/aromatic N) is 1. The summed E-state index contributed by atoms with van der Waals surface area (Å²) in [5.74, 6) is -1.32. The Morgan fingerprint density at radius 3 is 2.10 bits per heavy atom. The van der Waals surface area contributed by atoms with E-state index < -0.39 is 18.0 Å². The molecule has 0 aromatic rings. The second-order valence-corrected chi connectivity index (χ2v) is 4.78. The molecule has 0 radical (unpaired) electrons. The lowest BCUT2D eigenvalue weighted by Crippen LogP contribution is -2.49. The summed E-state index contributed by atoms with van der Waals surface area (Å²) in [4.78, 5) is 35.8. The van der Waals surface area contributed by atoms with Crippen LogP contribution in [0, 0.1) is 5.92 Å². The highest BCUT2D eigenvalue weighted by Gasteiger charge is 2.23. The molecule has 1 atom stereocenters. The molecule has 0 aromatic carbocycles. The van der Waals surface area contributed by atoms with Crippen LogP contribution in [0.5, 0.6) is 0 Å². The van der Waals surface area contributed by atoms with Gasteiger partial charge >= 0.3 is 12.0 Å². The van der Waals surface area contributed by atoms with Gasteiger partial charge in [0, 0.05) is 26.1 Å². The van der Waals surface area contributed by atoms with Gasteiger partial charge < -0.3 is 20.6 Å². The number of hydrogen-bond acceptors (Lipinski definition) is 3. The van der Waals surface area contributed by atoms with E-state index in [1.54, 1.807) is 18.7 Å². The summed E-state index contributed by atoms with van der Waals surface area (Å²) in [6, 6.07) is -1.51. The van der Waals surface area contributed by atoms with Crippen molar-refractivity contribution >= 4 is 17.9 Å². The SMILES string of the molecule is CCN(CC)C(=O)CCNC(=O)N[C@H](C(=O)O)C(C)C. The first-order chi connectivity index (χ1) is 9.33. The zero-order chi connectivity index (χ0) is 15.7.